The van der Waals surface area contributed by atoms with Gasteiger partial charge in [-0.3, -0.25) is 0 Å². The third-order valence-electron chi connectivity index (χ3n) is 1.97. The minimum atomic E-state index is 0. The first-order chi connectivity index (χ1) is 5.65. The average Bonchev–Trinajstić information content (AvgIpc) is 1.96. The fourth-order valence-corrected chi connectivity index (χ4v) is 1.55. The van der Waals surface area contributed by atoms with Gasteiger partial charge in [0.05, 0.1) is 0 Å². The summed E-state index contributed by atoms with van der Waals surface area (Å²) in [6.45, 7) is 10.3. The van der Waals surface area contributed by atoms with Gasteiger partial charge in [-0.05, 0) is 31.9 Å². The van der Waals surface area contributed by atoms with Crippen molar-refractivity contribution in [2.24, 2.45) is 0 Å². The van der Waals surface area contributed by atoms with Gasteiger partial charge in [0.25, 0.3) is 0 Å². The van der Waals surface area contributed by atoms with E-state index in [9.17, 15) is 0 Å². The second-order valence-electron chi connectivity index (χ2n) is 3.21. The first kappa shape index (κ1) is 16.3. The van der Waals surface area contributed by atoms with Crippen LogP contribution >= 0.6 is 12.4 Å². The Kier molecular flexibility index (Phi) is 8.31. The van der Waals surface area contributed by atoms with Crippen molar-refractivity contribution in [2.45, 2.75) is 27.7 Å². The summed E-state index contributed by atoms with van der Waals surface area (Å²) in [5, 5.41) is 3.25. The van der Waals surface area contributed by atoms with Gasteiger partial charge in [0.15, 0.2) is 0 Å². The SMILES string of the molecule is C[CH-]Nc1c(C)cc(C)cc1C.Cl.[Co]. The maximum atomic E-state index is 3.25. The van der Waals surface area contributed by atoms with E-state index in [0.717, 1.165) is 0 Å². The molecule has 0 saturated heterocycles. The van der Waals surface area contributed by atoms with Crippen molar-refractivity contribution >= 4 is 18.1 Å². The predicted octanol–water partition coefficient (Wildman–Crippen LogP) is 3.62. The predicted molar refractivity (Wildman–Crippen MR) is 61.5 cm³/mol. The largest absolute Gasteiger partial charge is 0.535 e. The second-order valence-corrected chi connectivity index (χ2v) is 3.21. The fraction of sp³-hybridized carbons (Fsp3) is 0.364. The Balaban J connectivity index is 0. The van der Waals surface area contributed by atoms with E-state index in [1.165, 1.54) is 22.4 Å². The van der Waals surface area contributed by atoms with Crippen molar-refractivity contribution in [3.05, 3.63) is 35.4 Å². The summed E-state index contributed by atoms with van der Waals surface area (Å²) in [6, 6.07) is 4.39. The Morgan fingerprint density at radius 2 is 1.50 bits per heavy atom. The number of hydrogen-bond acceptors (Lipinski definition) is 1. The summed E-state index contributed by atoms with van der Waals surface area (Å²) in [5.41, 5.74) is 5.19. The summed E-state index contributed by atoms with van der Waals surface area (Å²) in [4.78, 5) is 0. The quantitative estimate of drug-likeness (QED) is 0.798. The molecule has 0 bridgehead atoms. The van der Waals surface area contributed by atoms with Crippen LogP contribution in [-0.4, -0.2) is 0 Å². The molecular formula is C11H17ClCoN-. The number of halogens is 1. The molecule has 0 spiro atoms. The van der Waals surface area contributed by atoms with Gasteiger partial charge < -0.3 is 5.32 Å². The van der Waals surface area contributed by atoms with Gasteiger partial charge in [0.2, 0.25) is 0 Å². The van der Waals surface area contributed by atoms with Crippen LogP contribution < -0.4 is 5.32 Å². The maximum Gasteiger partial charge on any atom is 0.0106 e. The van der Waals surface area contributed by atoms with Crippen molar-refractivity contribution in [1.82, 2.24) is 0 Å². The van der Waals surface area contributed by atoms with E-state index in [1.807, 2.05) is 13.5 Å². The molecule has 0 fully saturated rings. The van der Waals surface area contributed by atoms with E-state index in [4.69, 9.17) is 0 Å². The molecule has 0 unspecified atom stereocenters. The molecule has 0 aliphatic heterocycles. The fourth-order valence-electron chi connectivity index (χ4n) is 1.55. The topological polar surface area (TPSA) is 12.0 Å². The summed E-state index contributed by atoms with van der Waals surface area (Å²) in [5.74, 6) is 0. The van der Waals surface area contributed by atoms with Crippen LogP contribution in [0.25, 0.3) is 0 Å². The molecule has 14 heavy (non-hydrogen) atoms. The van der Waals surface area contributed by atoms with E-state index in [-0.39, 0.29) is 29.2 Å². The number of rotatable bonds is 2. The van der Waals surface area contributed by atoms with Crippen LogP contribution in [0, 0.1) is 27.3 Å². The summed E-state index contributed by atoms with van der Waals surface area (Å²) >= 11 is 0. The molecule has 0 aliphatic rings. The summed E-state index contributed by atoms with van der Waals surface area (Å²) in [6.07, 6.45) is 0. The molecule has 1 radical (unpaired) electrons. The first-order valence-electron chi connectivity index (χ1n) is 4.27. The molecule has 0 heterocycles. The molecular weight excluding hydrogens is 241 g/mol. The van der Waals surface area contributed by atoms with Gasteiger partial charge in [-0.1, -0.05) is 17.7 Å². The van der Waals surface area contributed by atoms with Crippen molar-refractivity contribution in [2.75, 3.05) is 5.32 Å². The van der Waals surface area contributed by atoms with Crippen molar-refractivity contribution < 1.29 is 16.8 Å². The third kappa shape index (κ3) is 3.90. The summed E-state index contributed by atoms with van der Waals surface area (Å²) in [7, 11) is 0. The molecule has 0 atom stereocenters. The summed E-state index contributed by atoms with van der Waals surface area (Å²) < 4.78 is 0. The van der Waals surface area contributed by atoms with Crippen LogP contribution in [0.4, 0.5) is 5.69 Å². The van der Waals surface area contributed by atoms with Crippen molar-refractivity contribution in [3.63, 3.8) is 0 Å². The molecule has 1 N–H and O–H groups in total. The van der Waals surface area contributed by atoms with Gasteiger partial charge in [-0.25, -0.2) is 6.54 Å². The number of nitrogens with one attached hydrogen (secondary N) is 1. The third-order valence-corrected chi connectivity index (χ3v) is 1.97. The van der Waals surface area contributed by atoms with Gasteiger partial charge in [-0.15, -0.1) is 12.4 Å². The van der Waals surface area contributed by atoms with E-state index in [1.54, 1.807) is 0 Å². The number of anilines is 1. The number of aryl methyl sites for hydroxylation is 3. The molecule has 1 aromatic rings. The molecule has 0 aromatic heterocycles. The Morgan fingerprint density at radius 1 is 1.07 bits per heavy atom. The van der Waals surface area contributed by atoms with Crippen molar-refractivity contribution in [1.29, 1.82) is 0 Å². The molecule has 1 rings (SSSR count). The Bertz CT molecular complexity index is 264. The Morgan fingerprint density at radius 3 is 1.86 bits per heavy atom. The van der Waals surface area contributed by atoms with Crippen LogP contribution in [0.15, 0.2) is 12.1 Å². The van der Waals surface area contributed by atoms with Crippen LogP contribution in [0.3, 0.4) is 0 Å². The molecule has 3 heteroatoms. The molecule has 0 saturated carbocycles. The molecule has 0 aliphatic carbocycles. The monoisotopic (exact) mass is 257 g/mol. The number of hydrogen-bond donors (Lipinski definition) is 1. The van der Waals surface area contributed by atoms with Gasteiger partial charge >= 0.3 is 0 Å². The minimum Gasteiger partial charge on any atom is -0.535 e. The first-order valence-corrected chi connectivity index (χ1v) is 4.27. The van der Waals surface area contributed by atoms with Crippen LogP contribution in [0.2, 0.25) is 0 Å². The maximum absolute atomic E-state index is 3.25. The van der Waals surface area contributed by atoms with E-state index >= 15 is 0 Å². The Labute approximate surface area is 103 Å². The molecule has 83 valence electrons. The van der Waals surface area contributed by atoms with E-state index < -0.39 is 0 Å². The van der Waals surface area contributed by atoms with Gasteiger partial charge in [0.1, 0.15) is 0 Å². The average molecular weight is 258 g/mol. The zero-order valence-electron chi connectivity index (χ0n) is 8.97. The Hall–Kier alpha value is -0.184. The van der Waals surface area contributed by atoms with Crippen LogP contribution in [-0.2, 0) is 16.8 Å². The van der Waals surface area contributed by atoms with Gasteiger partial charge in [0, 0.05) is 22.5 Å². The zero-order chi connectivity index (χ0) is 9.14. The second kappa shape index (κ2) is 7.15. The standard InChI is InChI=1S/C11H16N.ClH.Co/c1-5-12-11-9(3)6-8(2)7-10(11)4;;/h5-7,12H,1-4H3;1H;/q-1;;. The minimum absolute atomic E-state index is 0. The van der Waals surface area contributed by atoms with Crippen molar-refractivity contribution in [3.8, 4) is 0 Å². The van der Waals surface area contributed by atoms with Crippen LogP contribution in [0.1, 0.15) is 23.6 Å². The number of benzene rings is 1. The normalized spacial score (nSPS) is 8.57. The smallest absolute Gasteiger partial charge is 0.0106 e. The molecule has 1 nitrogen and oxygen atoms in total. The van der Waals surface area contributed by atoms with Gasteiger partial charge in [-0.2, -0.15) is 6.92 Å². The molecule has 1 aromatic carbocycles. The van der Waals surface area contributed by atoms with E-state index in [0.29, 0.717) is 0 Å². The van der Waals surface area contributed by atoms with Crippen LogP contribution in [0.5, 0.6) is 0 Å². The zero-order valence-corrected chi connectivity index (χ0v) is 10.8. The van der Waals surface area contributed by atoms with E-state index in [2.05, 4.69) is 38.2 Å². The molecule has 0 amide bonds.